The number of pyridine rings is 1. The second-order valence-corrected chi connectivity index (χ2v) is 6.25. The first-order chi connectivity index (χ1) is 4.81. The van der Waals surface area contributed by atoms with E-state index in [2.05, 4.69) is 4.98 Å². The van der Waals surface area contributed by atoms with Crippen LogP contribution in [-0.4, -0.2) is 4.98 Å². The van der Waals surface area contributed by atoms with Gasteiger partial charge in [-0.2, -0.15) is 0 Å². The van der Waals surface area contributed by atoms with Crippen LogP contribution in [-0.2, 0) is 15.1 Å². The van der Waals surface area contributed by atoms with Crippen LogP contribution in [0.5, 0.6) is 0 Å². The first kappa shape index (κ1) is 10.4. The van der Waals surface area contributed by atoms with Gasteiger partial charge in [-0.15, -0.1) is 0 Å². The van der Waals surface area contributed by atoms with E-state index in [1.807, 2.05) is 19.1 Å². The number of hydrogen-bond donors (Lipinski definition) is 0. The van der Waals surface area contributed by atoms with E-state index in [4.69, 9.17) is 19.4 Å². The standard InChI is InChI=1S/C6H7N.2ClH.Zn/c1-6-2-4-7-5-3-6;;;/h2-5H,1H3;2*1H;/q;;;+2/p-2. The number of halogens is 2. The summed E-state index contributed by atoms with van der Waals surface area (Å²) in [7, 11) is 9.90. The van der Waals surface area contributed by atoms with Crippen LogP contribution < -0.4 is 0 Å². The first-order valence-electron chi connectivity index (χ1n) is 2.79. The molecule has 52 valence electrons. The van der Waals surface area contributed by atoms with Gasteiger partial charge in [-0.25, -0.2) is 0 Å². The van der Waals surface area contributed by atoms with Gasteiger partial charge in [0.1, 0.15) is 0 Å². The molecule has 4 heteroatoms. The van der Waals surface area contributed by atoms with E-state index in [1.165, 1.54) is 5.56 Å². The van der Waals surface area contributed by atoms with Gasteiger partial charge in [-0.3, -0.25) is 4.98 Å². The monoisotopic (exact) mass is 227 g/mol. The van der Waals surface area contributed by atoms with Crippen LogP contribution in [0.15, 0.2) is 24.5 Å². The molecule has 0 amide bonds. The van der Waals surface area contributed by atoms with Crippen LogP contribution in [0.25, 0.3) is 0 Å². The molecule has 0 atom stereocenters. The molecule has 0 unspecified atom stereocenters. The Morgan fingerprint density at radius 3 is 1.90 bits per heavy atom. The van der Waals surface area contributed by atoms with Crippen molar-refractivity contribution in [3.05, 3.63) is 30.1 Å². The molecule has 0 N–H and O–H groups in total. The maximum absolute atomic E-state index is 4.95. The SMILES string of the molecule is Cc1ccncc1.[Cl][Zn][Cl]. The molecular formula is C6H7Cl2NZn. The van der Waals surface area contributed by atoms with Crippen molar-refractivity contribution in [3.63, 3.8) is 0 Å². The van der Waals surface area contributed by atoms with E-state index in [1.54, 1.807) is 12.4 Å². The van der Waals surface area contributed by atoms with Gasteiger partial charge in [0.2, 0.25) is 0 Å². The second-order valence-electron chi connectivity index (χ2n) is 1.63. The van der Waals surface area contributed by atoms with Gasteiger partial charge in [-0.05, 0) is 24.6 Å². The molecule has 1 rings (SSSR count). The van der Waals surface area contributed by atoms with Crippen LogP contribution in [0, 0.1) is 6.92 Å². The molecular weight excluding hydrogens is 222 g/mol. The van der Waals surface area contributed by atoms with Crippen molar-refractivity contribution >= 4 is 19.4 Å². The van der Waals surface area contributed by atoms with Crippen molar-refractivity contribution in [2.24, 2.45) is 0 Å². The van der Waals surface area contributed by atoms with E-state index in [9.17, 15) is 0 Å². The average molecular weight is 229 g/mol. The van der Waals surface area contributed by atoms with Crippen LogP contribution in [0.3, 0.4) is 0 Å². The third kappa shape index (κ3) is 6.47. The molecule has 10 heavy (non-hydrogen) atoms. The molecule has 0 fully saturated rings. The summed E-state index contributed by atoms with van der Waals surface area (Å²) < 4.78 is 0. The Morgan fingerprint density at radius 2 is 1.70 bits per heavy atom. The van der Waals surface area contributed by atoms with Crippen LogP contribution in [0.1, 0.15) is 5.56 Å². The fourth-order valence-electron chi connectivity index (χ4n) is 0.426. The predicted octanol–water partition coefficient (Wildman–Crippen LogP) is 2.77. The van der Waals surface area contributed by atoms with Gasteiger partial charge in [0.25, 0.3) is 0 Å². The Kier molecular flexibility index (Phi) is 7.72. The van der Waals surface area contributed by atoms with E-state index in [0.717, 1.165) is 0 Å². The van der Waals surface area contributed by atoms with Crippen molar-refractivity contribution in [2.75, 3.05) is 0 Å². The molecule has 0 aliphatic heterocycles. The third-order valence-electron chi connectivity index (χ3n) is 0.847. The Balaban J connectivity index is 0.000000236. The normalized spacial score (nSPS) is 7.10. The molecule has 0 saturated heterocycles. The molecule has 1 aromatic heterocycles. The fourth-order valence-corrected chi connectivity index (χ4v) is 0.426. The number of nitrogens with zero attached hydrogens (tertiary/aromatic N) is 1. The van der Waals surface area contributed by atoms with Gasteiger partial charge in [0, 0.05) is 12.4 Å². The van der Waals surface area contributed by atoms with E-state index >= 15 is 0 Å². The summed E-state index contributed by atoms with van der Waals surface area (Å²) in [5, 5.41) is 0. The zero-order valence-corrected chi connectivity index (χ0v) is 10.2. The molecule has 1 nitrogen and oxygen atoms in total. The van der Waals surface area contributed by atoms with E-state index in [-0.39, 0.29) is 0 Å². The minimum absolute atomic E-state index is 0.931. The van der Waals surface area contributed by atoms with Gasteiger partial charge in [0.15, 0.2) is 0 Å². The topological polar surface area (TPSA) is 12.9 Å². The summed E-state index contributed by atoms with van der Waals surface area (Å²) in [5.74, 6) is 0. The zero-order valence-electron chi connectivity index (χ0n) is 5.72. The molecule has 0 bridgehead atoms. The van der Waals surface area contributed by atoms with Gasteiger partial charge in [-0.1, -0.05) is 0 Å². The number of hydrogen-bond acceptors (Lipinski definition) is 1. The summed E-state index contributed by atoms with van der Waals surface area (Å²) in [5.41, 5.74) is 1.26. The summed E-state index contributed by atoms with van der Waals surface area (Å²) >= 11 is -0.931. The van der Waals surface area contributed by atoms with Crippen LogP contribution in [0.4, 0.5) is 0 Å². The Bertz CT molecular complexity index is 157. The Morgan fingerprint density at radius 1 is 1.30 bits per heavy atom. The quantitative estimate of drug-likeness (QED) is 0.623. The molecule has 0 aromatic carbocycles. The third-order valence-corrected chi connectivity index (χ3v) is 0.847. The van der Waals surface area contributed by atoms with Crippen molar-refractivity contribution in [1.29, 1.82) is 0 Å². The first-order valence-corrected chi connectivity index (χ1v) is 10.6. The van der Waals surface area contributed by atoms with Crippen LogP contribution >= 0.6 is 19.4 Å². The minimum atomic E-state index is -0.931. The Labute approximate surface area is 76.4 Å². The van der Waals surface area contributed by atoms with E-state index in [0.29, 0.717) is 0 Å². The molecule has 0 spiro atoms. The Hall–Kier alpha value is 0.353. The molecule has 0 saturated carbocycles. The van der Waals surface area contributed by atoms with Crippen molar-refractivity contribution in [2.45, 2.75) is 6.92 Å². The number of rotatable bonds is 0. The van der Waals surface area contributed by atoms with Crippen molar-refractivity contribution in [1.82, 2.24) is 4.98 Å². The summed E-state index contributed by atoms with van der Waals surface area (Å²) in [6.07, 6.45) is 3.57. The average Bonchev–Trinajstić information content (AvgIpc) is 1.91. The molecule has 0 aliphatic carbocycles. The summed E-state index contributed by atoms with van der Waals surface area (Å²) in [6, 6.07) is 3.94. The van der Waals surface area contributed by atoms with Crippen molar-refractivity contribution < 1.29 is 15.1 Å². The molecule has 1 aromatic rings. The fraction of sp³-hybridized carbons (Fsp3) is 0.167. The molecule has 0 aliphatic rings. The van der Waals surface area contributed by atoms with E-state index < -0.39 is 15.1 Å². The molecule has 1 heterocycles. The number of aromatic nitrogens is 1. The molecule has 0 radical (unpaired) electrons. The van der Waals surface area contributed by atoms with Gasteiger partial charge >= 0.3 is 34.5 Å². The van der Waals surface area contributed by atoms with Gasteiger partial charge in [0.05, 0.1) is 0 Å². The second kappa shape index (κ2) is 7.46. The van der Waals surface area contributed by atoms with Crippen molar-refractivity contribution in [3.8, 4) is 0 Å². The summed E-state index contributed by atoms with van der Waals surface area (Å²) in [4.78, 5) is 3.85. The number of aryl methyl sites for hydroxylation is 1. The zero-order chi connectivity index (χ0) is 7.82. The van der Waals surface area contributed by atoms with Crippen LogP contribution in [0.2, 0.25) is 0 Å². The maximum atomic E-state index is 4.95. The summed E-state index contributed by atoms with van der Waals surface area (Å²) in [6.45, 7) is 2.04. The van der Waals surface area contributed by atoms with Gasteiger partial charge < -0.3 is 0 Å². The predicted molar refractivity (Wildman–Crippen MR) is 40.7 cm³/mol.